The van der Waals surface area contributed by atoms with E-state index in [-0.39, 0.29) is 6.04 Å². The standard InChI is InChI=1S/C14H30N2/c1-11(15)12(2)16-9-6-7-13(8-10-16)14(3,4)5/h11-13H,6-10,15H2,1-5H3. The van der Waals surface area contributed by atoms with Crippen molar-refractivity contribution in [3.63, 3.8) is 0 Å². The van der Waals surface area contributed by atoms with Gasteiger partial charge in [-0.05, 0) is 57.5 Å². The molecule has 0 radical (unpaired) electrons. The predicted octanol–water partition coefficient (Wildman–Crippen LogP) is 2.87. The van der Waals surface area contributed by atoms with Gasteiger partial charge in [-0.3, -0.25) is 4.90 Å². The molecule has 0 aromatic carbocycles. The molecule has 1 aliphatic heterocycles. The molecule has 2 heteroatoms. The van der Waals surface area contributed by atoms with E-state index >= 15 is 0 Å². The van der Waals surface area contributed by atoms with Crippen LogP contribution in [0.5, 0.6) is 0 Å². The Labute approximate surface area is 102 Å². The summed E-state index contributed by atoms with van der Waals surface area (Å²) < 4.78 is 0. The van der Waals surface area contributed by atoms with Gasteiger partial charge in [-0.2, -0.15) is 0 Å². The normalized spacial score (nSPS) is 28.5. The van der Waals surface area contributed by atoms with Crippen molar-refractivity contribution >= 4 is 0 Å². The van der Waals surface area contributed by atoms with E-state index in [4.69, 9.17) is 5.73 Å². The van der Waals surface area contributed by atoms with Crippen molar-refractivity contribution in [2.45, 2.75) is 66.0 Å². The van der Waals surface area contributed by atoms with E-state index < -0.39 is 0 Å². The highest BCUT2D eigenvalue weighted by molar-refractivity contribution is 4.82. The fourth-order valence-electron chi connectivity index (χ4n) is 2.72. The molecule has 0 aliphatic carbocycles. The lowest BCUT2D eigenvalue weighted by molar-refractivity contribution is 0.177. The molecule has 2 nitrogen and oxygen atoms in total. The first-order chi connectivity index (χ1) is 7.32. The third-order valence-electron chi connectivity index (χ3n) is 4.32. The minimum absolute atomic E-state index is 0.284. The summed E-state index contributed by atoms with van der Waals surface area (Å²) in [6.45, 7) is 14.0. The maximum Gasteiger partial charge on any atom is 0.0216 e. The quantitative estimate of drug-likeness (QED) is 0.784. The maximum atomic E-state index is 6.00. The van der Waals surface area contributed by atoms with Gasteiger partial charge in [-0.15, -0.1) is 0 Å². The van der Waals surface area contributed by atoms with Gasteiger partial charge in [-0.25, -0.2) is 0 Å². The lowest BCUT2D eigenvalue weighted by Crippen LogP contribution is -2.44. The minimum Gasteiger partial charge on any atom is -0.327 e. The Balaban J connectivity index is 2.53. The summed E-state index contributed by atoms with van der Waals surface area (Å²) in [5.74, 6) is 0.873. The van der Waals surface area contributed by atoms with Crippen LogP contribution in [0.4, 0.5) is 0 Å². The fraction of sp³-hybridized carbons (Fsp3) is 1.00. The SMILES string of the molecule is CC(N)C(C)N1CCCC(C(C)(C)C)CC1. The van der Waals surface area contributed by atoms with Crippen molar-refractivity contribution in [1.82, 2.24) is 4.90 Å². The molecular formula is C14H30N2. The van der Waals surface area contributed by atoms with E-state index in [0.717, 1.165) is 5.92 Å². The molecule has 0 aromatic heterocycles. The molecule has 0 bridgehead atoms. The second-order valence-corrected chi connectivity index (χ2v) is 6.63. The topological polar surface area (TPSA) is 29.3 Å². The van der Waals surface area contributed by atoms with E-state index in [0.29, 0.717) is 11.5 Å². The zero-order valence-electron chi connectivity index (χ0n) is 11.8. The van der Waals surface area contributed by atoms with Crippen LogP contribution in [0.15, 0.2) is 0 Å². The first-order valence-corrected chi connectivity index (χ1v) is 6.82. The van der Waals surface area contributed by atoms with E-state index in [1.165, 1.54) is 32.4 Å². The largest absolute Gasteiger partial charge is 0.327 e. The van der Waals surface area contributed by atoms with Crippen molar-refractivity contribution in [1.29, 1.82) is 0 Å². The molecule has 3 atom stereocenters. The molecule has 1 aliphatic rings. The maximum absolute atomic E-state index is 6.00. The number of rotatable bonds is 2. The van der Waals surface area contributed by atoms with Crippen LogP contribution in [0.2, 0.25) is 0 Å². The lowest BCUT2D eigenvalue weighted by Gasteiger charge is -2.32. The van der Waals surface area contributed by atoms with Crippen LogP contribution in [-0.4, -0.2) is 30.1 Å². The molecule has 2 N–H and O–H groups in total. The Morgan fingerprint density at radius 3 is 2.25 bits per heavy atom. The molecule has 96 valence electrons. The van der Waals surface area contributed by atoms with Gasteiger partial charge in [-0.1, -0.05) is 20.8 Å². The molecule has 0 saturated carbocycles. The van der Waals surface area contributed by atoms with Crippen molar-refractivity contribution in [2.75, 3.05) is 13.1 Å². The molecule has 0 spiro atoms. The number of hydrogen-bond donors (Lipinski definition) is 1. The number of hydrogen-bond acceptors (Lipinski definition) is 2. The van der Waals surface area contributed by atoms with Crippen LogP contribution >= 0.6 is 0 Å². The molecule has 1 fully saturated rings. The second kappa shape index (κ2) is 5.50. The van der Waals surface area contributed by atoms with Crippen LogP contribution in [0, 0.1) is 11.3 Å². The summed E-state index contributed by atoms with van der Waals surface area (Å²) >= 11 is 0. The highest BCUT2D eigenvalue weighted by atomic mass is 15.2. The zero-order chi connectivity index (χ0) is 12.3. The first-order valence-electron chi connectivity index (χ1n) is 6.82. The van der Waals surface area contributed by atoms with E-state index in [1.54, 1.807) is 0 Å². The van der Waals surface area contributed by atoms with Gasteiger partial charge in [0, 0.05) is 12.1 Å². The predicted molar refractivity (Wildman–Crippen MR) is 71.5 cm³/mol. The summed E-state index contributed by atoms with van der Waals surface area (Å²) in [5, 5.41) is 0. The van der Waals surface area contributed by atoms with Gasteiger partial charge in [0.15, 0.2) is 0 Å². The monoisotopic (exact) mass is 226 g/mol. The molecule has 3 unspecified atom stereocenters. The molecule has 0 aromatic rings. The van der Waals surface area contributed by atoms with Crippen LogP contribution in [-0.2, 0) is 0 Å². The fourth-order valence-corrected chi connectivity index (χ4v) is 2.72. The van der Waals surface area contributed by atoms with Gasteiger partial charge in [0.05, 0.1) is 0 Å². The Kier molecular flexibility index (Phi) is 4.81. The smallest absolute Gasteiger partial charge is 0.0216 e. The van der Waals surface area contributed by atoms with Gasteiger partial charge in [0.25, 0.3) is 0 Å². The molecule has 16 heavy (non-hydrogen) atoms. The Hall–Kier alpha value is -0.0800. The number of nitrogens with zero attached hydrogens (tertiary/aromatic N) is 1. The average Bonchev–Trinajstić information content (AvgIpc) is 2.40. The lowest BCUT2D eigenvalue weighted by atomic mass is 9.77. The molecule has 1 rings (SSSR count). The van der Waals surface area contributed by atoms with Gasteiger partial charge >= 0.3 is 0 Å². The van der Waals surface area contributed by atoms with E-state index in [2.05, 4.69) is 39.5 Å². The van der Waals surface area contributed by atoms with Crippen LogP contribution in [0.1, 0.15) is 53.9 Å². The Morgan fingerprint density at radius 1 is 1.12 bits per heavy atom. The van der Waals surface area contributed by atoms with Crippen molar-refractivity contribution in [3.8, 4) is 0 Å². The summed E-state index contributed by atoms with van der Waals surface area (Å²) in [7, 11) is 0. The summed E-state index contributed by atoms with van der Waals surface area (Å²) in [5.41, 5.74) is 6.46. The molecular weight excluding hydrogens is 196 g/mol. The Bertz CT molecular complexity index is 205. The summed E-state index contributed by atoms with van der Waals surface area (Å²) in [4.78, 5) is 2.58. The van der Waals surface area contributed by atoms with E-state index in [1.807, 2.05) is 0 Å². The van der Waals surface area contributed by atoms with E-state index in [9.17, 15) is 0 Å². The van der Waals surface area contributed by atoms with Crippen LogP contribution < -0.4 is 5.73 Å². The first kappa shape index (κ1) is 14.0. The number of nitrogens with two attached hydrogens (primary N) is 1. The highest BCUT2D eigenvalue weighted by Gasteiger charge is 2.28. The molecule has 1 saturated heterocycles. The van der Waals surface area contributed by atoms with Crippen LogP contribution in [0.3, 0.4) is 0 Å². The zero-order valence-corrected chi connectivity index (χ0v) is 11.8. The van der Waals surface area contributed by atoms with Gasteiger partial charge in [0.1, 0.15) is 0 Å². The van der Waals surface area contributed by atoms with Gasteiger partial charge in [0.2, 0.25) is 0 Å². The Morgan fingerprint density at radius 2 is 1.75 bits per heavy atom. The third-order valence-corrected chi connectivity index (χ3v) is 4.32. The molecule has 1 heterocycles. The molecule has 0 amide bonds. The van der Waals surface area contributed by atoms with Crippen molar-refractivity contribution < 1.29 is 0 Å². The van der Waals surface area contributed by atoms with Crippen molar-refractivity contribution in [2.24, 2.45) is 17.1 Å². The van der Waals surface area contributed by atoms with Crippen molar-refractivity contribution in [3.05, 3.63) is 0 Å². The summed E-state index contributed by atoms with van der Waals surface area (Å²) in [6, 6.07) is 0.810. The van der Waals surface area contributed by atoms with Gasteiger partial charge < -0.3 is 5.73 Å². The third kappa shape index (κ3) is 3.74. The van der Waals surface area contributed by atoms with Crippen LogP contribution in [0.25, 0.3) is 0 Å². The number of likely N-dealkylation sites (tertiary alicyclic amines) is 1. The second-order valence-electron chi connectivity index (χ2n) is 6.63. The average molecular weight is 226 g/mol. The highest BCUT2D eigenvalue weighted by Crippen LogP contribution is 2.34. The summed E-state index contributed by atoms with van der Waals surface area (Å²) in [6.07, 6.45) is 4.05. The minimum atomic E-state index is 0.284.